The standard InChI is InChI=1S/C18H25F3N4O2.HI/c1-2-22-16(25-9-5-17(12-25)6-10-26-13-17)24-8-11-27-15-14(18(19,20)21)4-3-7-23-15;/h3-4,7H,2,5-6,8-13H2,1H3,(H,22,24);1H. The number of likely N-dealkylation sites (tertiary alicyclic amines) is 1. The number of hydrogen-bond acceptors (Lipinski definition) is 4. The molecule has 1 atom stereocenters. The van der Waals surface area contributed by atoms with Gasteiger partial charge in [-0.05, 0) is 31.9 Å². The second-order valence-electron chi connectivity index (χ2n) is 6.91. The Kier molecular flexibility index (Phi) is 8.17. The van der Waals surface area contributed by atoms with Crippen molar-refractivity contribution >= 4 is 29.9 Å². The van der Waals surface area contributed by atoms with Gasteiger partial charge in [0.1, 0.15) is 12.2 Å². The molecule has 1 N–H and O–H groups in total. The van der Waals surface area contributed by atoms with Crippen LogP contribution in [0.3, 0.4) is 0 Å². The van der Waals surface area contributed by atoms with Gasteiger partial charge in [0.15, 0.2) is 5.96 Å². The van der Waals surface area contributed by atoms with Gasteiger partial charge in [0, 0.05) is 37.9 Å². The zero-order valence-corrected chi connectivity index (χ0v) is 18.1. The van der Waals surface area contributed by atoms with Crippen molar-refractivity contribution in [1.82, 2.24) is 15.2 Å². The molecule has 0 aliphatic carbocycles. The first kappa shape index (κ1) is 23.0. The van der Waals surface area contributed by atoms with E-state index in [0.717, 1.165) is 57.7 Å². The largest absolute Gasteiger partial charge is 0.475 e. The van der Waals surface area contributed by atoms with Crippen molar-refractivity contribution in [2.45, 2.75) is 25.9 Å². The smallest absolute Gasteiger partial charge is 0.421 e. The number of rotatable bonds is 5. The van der Waals surface area contributed by atoms with Gasteiger partial charge in [-0.1, -0.05) is 0 Å². The summed E-state index contributed by atoms with van der Waals surface area (Å²) < 4.78 is 49.7. The Morgan fingerprint density at radius 3 is 2.93 bits per heavy atom. The van der Waals surface area contributed by atoms with Gasteiger partial charge in [0.2, 0.25) is 5.88 Å². The van der Waals surface area contributed by atoms with E-state index in [2.05, 4.69) is 20.2 Å². The van der Waals surface area contributed by atoms with E-state index < -0.39 is 17.6 Å². The van der Waals surface area contributed by atoms with Crippen LogP contribution in [-0.2, 0) is 10.9 Å². The SMILES string of the molecule is CCNC(=NCCOc1ncccc1C(F)(F)F)N1CCC2(CCOC2)C1.I. The van der Waals surface area contributed by atoms with Gasteiger partial charge >= 0.3 is 6.18 Å². The van der Waals surface area contributed by atoms with Crippen molar-refractivity contribution in [2.75, 3.05) is 46.0 Å². The van der Waals surface area contributed by atoms with Gasteiger partial charge < -0.3 is 19.7 Å². The first-order valence-corrected chi connectivity index (χ1v) is 9.20. The van der Waals surface area contributed by atoms with Gasteiger partial charge in [0.25, 0.3) is 0 Å². The molecule has 28 heavy (non-hydrogen) atoms. The lowest BCUT2D eigenvalue weighted by Gasteiger charge is -2.25. The van der Waals surface area contributed by atoms with E-state index in [4.69, 9.17) is 9.47 Å². The number of hydrogen-bond donors (Lipinski definition) is 1. The molecular formula is C18H26F3IN4O2. The quantitative estimate of drug-likeness (QED) is 0.283. The summed E-state index contributed by atoms with van der Waals surface area (Å²) >= 11 is 0. The minimum absolute atomic E-state index is 0. The molecule has 0 radical (unpaired) electrons. The molecule has 3 heterocycles. The summed E-state index contributed by atoms with van der Waals surface area (Å²) in [5.74, 6) is 0.357. The van der Waals surface area contributed by atoms with Crippen LogP contribution in [0.1, 0.15) is 25.3 Å². The molecule has 2 aliphatic heterocycles. The Labute approximate surface area is 179 Å². The number of nitrogens with zero attached hydrogens (tertiary/aromatic N) is 3. The Morgan fingerprint density at radius 1 is 1.43 bits per heavy atom. The average molecular weight is 514 g/mol. The third-order valence-corrected chi connectivity index (χ3v) is 4.93. The van der Waals surface area contributed by atoms with Crippen LogP contribution in [0.2, 0.25) is 0 Å². The molecule has 1 spiro atoms. The van der Waals surface area contributed by atoms with Crippen LogP contribution in [0.15, 0.2) is 23.3 Å². The number of aliphatic imine (C=N–C) groups is 1. The van der Waals surface area contributed by atoms with Crippen LogP contribution in [0.4, 0.5) is 13.2 Å². The van der Waals surface area contributed by atoms with Crippen LogP contribution in [0.25, 0.3) is 0 Å². The predicted octanol–water partition coefficient (Wildman–Crippen LogP) is 3.18. The number of halogens is 4. The fourth-order valence-electron chi connectivity index (χ4n) is 3.53. The minimum Gasteiger partial charge on any atom is -0.475 e. The summed E-state index contributed by atoms with van der Waals surface area (Å²) in [5.41, 5.74) is -0.661. The van der Waals surface area contributed by atoms with Crippen LogP contribution < -0.4 is 10.1 Å². The minimum atomic E-state index is -4.49. The lowest BCUT2D eigenvalue weighted by molar-refractivity contribution is -0.139. The van der Waals surface area contributed by atoms with Crippen LogP contribution >= 0.6 is 24.0 Å². The molecule has 3 rings (SSSR count). The van der Waals surface area contributed by atoms with Crippen molar-refractivity contribution in [1.29, 1.82) is 0 Å². The summed E-state index contributed by atoms with van der Waals surface area (Å²) in [6.07, 6.45) is -1.08. The fraction of sp³-hybridized carbons (Fsp3) is 0.667. The molecule has 0 amide bonds. The third-order valence-electron chi connectivity index (χ3n) is 4.93. The molecule has 0 bridgehead atoms. The predicted molar refractivity (Wildman–Crippen MR) is 110 cm³/mol. The molecular weight excluding hydrogens is 488 g/mol. The van der Waals surface area contributed by atoms with Gasteiger partial charge in [-0.2, -0.15) is 13.2 Å². The maximum atomic E-state index is 13.0. The number of nitrogens with one attached hydrogen (secondary N) is 1. The topological polar surface area (TPSA) is 59.0 Å². The van der Waals surface area contributed by atoms with Crippen LogP contribution in [-0.4, -0.2) is 61.8 Å². The first-order chi connectivity index (χ1) is 12.9. The Balaban J connectivity index is 0.00000280. The molecule has 0 aromatic carbocycles. The molecule has 1 aromatic heterocycles. The van der Waals surface area contributed by atoms with Gasteiger partial charge in [-0.25, -0.2) is 9.98 Å². The van der Waals surface area contributed by atoms with E-state index in [1.807, 2.05) is 6.92 Å². The summed E-state index contributed by atoms with van der Waals surface area (Å²) in [5, 5.41) is 3.25. The zero-order valence-electron chi connectivity index (χ0n) is 15.8. The van der Waals surface area contributed by atoms with E-state index in [-0.39, 0.29) is 42.5 Å². The average Bonchev–Trinajstić information content (AvgIpc) is 3.27. The molecule has 2 saturated heterocycles. The zero-order chi connectivity index (χ0) is 19.3. The number of aromatic nitrogens is 1. The van der Waals surface area contributed by atoms with Crippen molar-refractivity contribution in [2.24, 2.45) is 10.4 Å². The lowest BCUT2D eigenvalue weighted by atomic mass is 9.87. The van der Waals surface area contributed by atoms with Gasteiger partial charge in [-0.15, -0.1) is 24.0 Å². The van der Waals surface area contributed by atoms with E-state index in [1.165, 1.54) is 12.3 Å². The van der Waals surface area contributed by atoms with Gasteiger partial charge in [0.05, 0.1) is 13.2 Å². The molecule has 2 aliphatic rings. The highest BCUT2D eigenvalue weighted by Crippen LogP contribution is 2.38. The van der Waals surface area contributed by atoms with E-state index in [9.17, 15) is 13.2 Å². The molecule has 6 nitrogen and oxygen atoms in total. The highest BCUT2D eigenvalue weighted by Gasteiger charge is 2.42. The van der Waals surface area contributed by atoms with Crippen LogP contribution in [0, 0.1) is 5.41 Å². The number of pyridine rings is 1. The van der Waals surface area contributed by atoms with Gasteiger partial charge in [-0.3, -0.25) is 0 Å². The second-order valence-corrected chi connectivity index (χ2v) is 6.91. The number of ether oxygens (including phenoxy) is 2. The normalized spacial score (nSPS) is 22.4. The summed E-state index contributed by atoms with van der Waals surface area (Å²) in [4.78, 5) is 10.4. The molecule has 0 saturated carbocycles. The number of guanidine groups is 1. The molecule has 2 fully saturated rings. The molecule has 1 aromatic rings. The second kappa shape index (κ2) is 9.95. The summed E-state index contributed by atoms with van der Waals surface area (Å²) in [6.45, 7) is 6.35. The first-order valence-electron chi connectivity index (χ1n) is 9.20. The maximum Gasteiger partial charge on any atom is 0.421 e. The van der Waals surface area contributed by atoms with Crippen molar-refractivity contribution in [3.05, 3.63) is 23.9 Å². The summed E-state index contributed by atoms with van der Waals surface area (Å²) in [7, 11) is 0. The number of alkyl halides is 3. The lowest BCUT2D eigenvalue weighted by Crippen LogP contribution is -2.41. The Morgan fingerprint density at radius 2 is 2.25 bits per heavy atom. The van der Waals surface area contributed by atoms with Crippen molar-refractivity contribution < 1.29 is 22.6 Å². The van der Waals surface area contributed by atoms with Crippen LogP contribution in [0.5, 0.6) is 5.88 Å². The molecule has 158 valence electrons. The Bertz CT molecular complexity index is 666. The fourth-order valence-corrected chi connectivity index (χ4v) is 3.53. The summed E-state index contributed by atoms with van der Waals surface area (Å²) in [6, 6.07) is 2.20. The maximum absolute atomic E-state index is 13.0. The van der Waals surface area contributed by atoms with E-state index in [0.29, 0.717) is 0 Å². The molecule has 1 unspecified atom stereocenters. The third kappa shape index (κ3) is 5.62. The highest BCUT2D eigenvalue weighted by molar-refractivity contribution is 14.0. The van der Waals surface area contributed by atoms with E-state index in [1.54, 1.807) is 0 Å². The van der Waals surface area contributed by atoms with E-state index >= 15 is 0 Å². The monoisotopic (exact) mass is 514 g/mol. The molecule has 10 heteroatoms. The Hall–Kier alpha value is -1.30. The van der Waals surface area contributed by atoms with Crippen molar-refractivity contribution in [3.63, 3.8) is 0 Å². The van der Waals surface area contributed by atoms with Crippen molar-refractivity contribution in [3.8, 4) is 5.88 Å². The highest BCUT2D eigenvalue weighted by atomic mass is 127.